The predicted octanol–water partition coefficient (Wildman–Crippen LogP) is 3.47. The number of benzene rings is 1. The number of amides is 1. The van der Waals surface area contributed by atoms with E-state index in [9.17, 15) is 9.59 Å². The van der Waals surface area contributed by atoms with Crippen LogP contribution in [-0.2, 0) is 11.3 Å². The fourth-order valence-electron chi connectivity index (χ4n) is 4.16. The van der Waals surface area contributed by atoms with Crippen molar-refractivity contribution in [2.24, 2.45) is 0 Å². The maximum absolute atomic E-state index is 13.0. The molecule has 1 aromatic carbocycles. The van der Waals surface area contributed by atoms with E-state index < -0.39 is 5.97 Å². The van der Waals surface area contributed by atoms with Crippen molar-refractivity contribution in [1.82, 2.24) is 19.2 Å². The number of hydrogen-bond donors (Lipinski definition) is 1. The molecular formula is C21H26N4O3S. The lowest BCUT2D eigenvalue weighted by Crippen LogP contribution is -2.37. The van der Waals surface area contributed by atoms with Gasteiger partial charge in [-0.3, -0.25) is 18.9 Å². The van der Waals surface area contributed by atoms with E-state index in [-0.39, 0.29) is 12.5 Å². The summed E-state index contributed by atoms with van der Waals surface area (Å²) in [6.45, 7) is 0.541. The summed E-state index contributed by atoms with van der Waals surface area (Å²) in [5.74, 6) is -0.765. The largest absolute Gasteiger partial charge is 0.480 e. The Morgan fingerprint density at radius 3 is 2.72 bits per heavy atom. The number of imidazole rings is 1. The summed E-state index contributed by atoms with van der Waals surface area (Å²) in [5, 5.41) is 8.91. The van der Waals surface area contributed by atoms with Crippen LogP contribution in [0, 0.1) is 0 Å². The van der Waals surface area contributed by atoms with Crippen molar-refractivity contribution in [2.45, 2.75) is 44.7 Å². The first-order valence-corrected chi connectivity index (χ1v) is 10.8. The van der Waals surface area contributed by atoms with Gasteiger partial charge < -0.3 is 10.0 Å². The highest BCUT2D eigenvalue weighted by molar-refractivity contribution is 7.18. The number of aromatic nitrogens is 2. The van der Waals surface area contributed by atoms with Crippen molar-refractivity contribution >= 4 is 39.2 Å². The van der Waals surface area contributed by atoms with Gasteiger partial charge in [0.2, 0.25) is 0 Å². The van der Waals surface area contributed by atoms with Gasteiger partial charge in [-0.2, -0.15) is 0 Å². The number of nitrogens with zero attached hydrogens (tertiary/aromatic N) is 4. The summed E-state index contributed by atoms with van der Waals surface area (Å²) < 4.78 is 1.98. The van der Waals surface area contributed by atoms with Crippen LogP contribution in [0.5, 0.6) is 0 Å². The standard InChI is InChI=1S/C21H26N4O3S/c1-23(13-19(26)27)11-14-8-9-17-16(10-14)22-21-25(17)12-18(29-21)20(28)24(2)15-6-4-3-5-7-15/h8-10,12,15H,3-7,11,13H2,1-2H3,(H,26,27). The van der Waals surface area contributed by atoms with Gasteiger partial charge in [0.25, 0.3) is 5.91 Å². The molecule has 154 valence electrons. The summed E-state index contributed by atoms with van der Waals surface area (Å²) in [6.07, 6.45) is 7.74. The quantitative estimate of drug-likeness (QED) is 0.668. The average molecular weight is 415 g/mol. The molecule has 1 N–H and O–H groups in total. The van der Waals surface area contributed by atoms with E-state index in [2.05, 4.69) is 0 Å². The Bertz CT molecular complexity index is 1050. The van der Waals surface area contributed by atoms with Gasteiger partial charge in [0.1, 0.15) is 4.88 Å². The Labute approximate surface area is 173 Å². The Balaban J connectivity index is 1.55. The molecule has 0 saturated heterocycles. The van der Waals surface area contributed by atoms with E-state index >= 15 is 0 Å². The Morgan fingerprint density at radius 2 is 2.00 bits per heavy atom. The van der Waals surface area contributed by atoms with Crippen molar-refractivity contribution in [3.63, 3.8) is 0 Å². The van der Waals surface area contributed by atoms with Crippen molar-refractivity contribution in [2.75, 3.05) is 20.6 Å². The molecule has 2 aromatic heterocycles. The molecule has 0 aliphatic heterocycles. The Morgan fingerprint density at radius 1 is 1.24 bits per heavy atom. The van der Waals surface area contributed by atoms with Gasteiger partial charge in [0.15, 0.2) is 4.96 Å². The molecule has 0 bridgehead atoms. The van der Waals surface area contributed by atoms with Gasteiger partial charge in [0, 0.05) is 25.8 Å². The number of carboxylic acids is 1. The zero-order chi connectivity index (χ0) is 20.5. The molecule has 1 amide bonds. The maximum Gasteiger partial charge on any atom is 0.317 e. The van der Waals surface area contributed by atoms with Gasteiger partial charge in [-0.05, 0) is 37.6 Å². The molecule has 1 saturated carbocycles. The summed E-state index contributed by atoms with van der Waals surface area (Å²) >= 11 is 1.42. The zero-order valence-electron chi connectivity index (χ0n) is 16.8. The third kappa shape index (κ3) is 4.13. The smallest absolute Gasteiger partial charge is 0.317 e. The Hall–Kier alpha value is -2.45. The minimum Gasteiger partial charge on any atom is -0.480 e. The first-order chi connectivity index (χ1) is 13.9. The maximum atomic E-state index is 13.0. The fourth-order valence-corrected chi connectivity index (χ4v) is 5.14. The summed E-state index contributed by atoms with van der Waals surface area (Å²) in [4.78, 5) is 33.7. The SMILES string of the molecule is CN(CC(=O)O)Cc1ccc2c(c1)nc1sc(C(=O)N(C)C3CCCCC3)cn12. The number of carbonyl (C=O) groups excluding carboxylic acids is 1. The zero-order valence-corrected chi connectivity index (χ0v) is 17.6. The van der Waals surface area contributed by atoms with Crippen LogP contribution < -0.4 is 0 Å². The van der Waals surface area contributed by atoms with E-state index in [0.29, 0.717) is 17.5 Å². The highest BCUT2D eigenvalue weighted by Crippen LogP contribution is 2.28. The van der Waals surface area contributed by atoms with Crippen LogP contribution in [0.4, 0.5) is 0 Å². The van der Waals surface area contributed by atoms with Crippen LogP contribution in [0.1, 0.15) is 47.3 Å². The molecule has 7 nitrogen and oxygen atoms in total. The molecule has 2 heterocycles. The normalized spacial score (nSPS) is 15.4. The lowest BCUT2D eigenvalue weighted by Gasteiger charge is -2.30. The number of rotatable bonds is 6. The second-order valence-electron chi connectivity index (χ2n) is 7.96. The highest BCUT2D eigenvalue weighted by Gasteiger charge is 2.25. The molecule has 0 unspecified atom stereocenters. The summed E-state index contributed by atoms with van der Waals surface area (Å²) in [7, 11) is 3.70. The highest BCUT2D eigenvalue weighted by atomic mass is 32.1. The lowest BCUT2D eigenvalue weighted by molar-refractivity contribution is -0.138. The van der Waals surface area contributed by atoms with Crippen molar-refractivity contribution < 1.29 is 14.7 Å². The minimum atomic E-state index is -0.841. The molecule has 3 aromatic rings. The number of likely N-dealkylation sites (N-methyl/N-ethyl adjacent to an activating group) is 1. The lowest BCUT2D eigenvalue weighted by atomic mass is 9.94. The molecule has 8 heteroatoms. The van der Waals surface area contributed by atoms with Gasteiger partial charge in [-0.25, -0.2) is 4.98 Å². The third-order valence-corrected chi connectivity index (χ3v) is 6.65. The monoisotopic (exact) mass is 414 g/mol. The van der Waals surface area contributed by atoms with E-state index in [1.165, 1.54) is 30.6 Å². The summed E-state index contributed by atoms with van der Waals surface area (Å²) in [5.41, 5.74) is 2.83. The molecular weight excluding hydrogens is 388 g/mol. The topological polar surface area (TPSA) is 78.1 Å². The molecule has 1 aliphatic carbocycles. The molecule has 1 aliphatic rings. The second kappa shape index (κ2) is 8.12. The number of fused-ring (bicyclic) bond motifs is 3. The number of aliphatic carboxylic acids is 1. The van der Waals surface area contributed by atoms with Gasteiger partial charge >= 0.3 is 5.97 Å². The predicted molar refractivity (Wildman–Crippen MR) is 114 cm³/mol. The van der Waals surface area contributed by atoms with Crippen molar-refractivity contribution in [3.8, 4) is 0 Å². The van der Waals surface area contributed by atoms with Crippen LogP contribution in [0.2, 0.25) is 0 Å². The number of carboxylic acid groups (broad SMARTS) is 1. The number of thiazole rings is 1. The van der Waals surface area contributed by atoms with Crippen LogP contribution in [0.15, 0.2) is 24.4 Å². The molecule has 0 atom stereocenters. The molecule has 1 fully saturated rings. The third-order valence-electron chi connectivity index (χ3n) is 5.68. The molecule has 0 radical (unpaired) electrons. The van der Waals surface area contributed by atoms with Crippen LogP contribution in [0.3, 0.4) is 0 Å². The minimum absolute atomic E-state index is 0.00367. The van der Waals surface area contributed by atoms with E-state index in [4.69, 9.17) is 10.1 Å². The number of hydrogen-bond acceptors (Lipinski definition) is 5. The van der Waals surface area contributed by atoms with E-state index in [0.717, 1.165) is 34.4 Å². The van der Waals surface area contributed by atoms with Gasteiger partial charge in [0.05, 0.1) is 17.6 Å². The van der Waals surface area contributed by atoms with E-state index in [1.54, 1.807) is 11.9 Å². The fraction of sp³-hybridized carbons (Fsp3) is 0.476. The first-order valence-electron chi connectivity index (χ1n) is 10.0. The van der Waals surface area contributed by atoms with Crippen molar-refractivity contribution in [1.29, 1.82) is 0 Å². The van der Waals surface area contributed by atoms with Crippen LogP contribution in [0.25, 0.3) is 16.0 Å². The van der Waals surface area contributed by atoms with E-state index in [1.807, 2.05) is 40.7 Å². The molecule has 4 rings (SSSR count). The number of carbonyl (C=O) groups is 2. The second-order valence-corrected chi connectivity index (χ2v) is 8.97. The van der Waals surface area contributed by atoms with Crippen LogP contribution >= 0.6 is 11.3 Å². The Kier molecular flexibility index (Phi) is 5.56. The first kappa shape index (κ1) is 19.8. The van der Waals surface area contributed by atoms with Gasteiger partial charge in [-0.15, -0.1) is 0 Å². The molecule has 29 heavy (non-hydrogen) atoms. The average Bonchev–Trinajstić information content (AvgIpc) is 3.24. The van der Waals surface area contributed by atoms with Crippen molar-refractivity contribution in [3.05, 3.63) is 34.8 Å². The van der Waals surface area contributed by atoms with Crippen LogP contribution in [-0.4, -0.2) is 62.8 Å². The summed E-state index contributed by atoms with van der Waals surface area (Å²) in [6, 6.07) is 6.31. The molecule has 0 spiro atoms. The van der Waals surface area contributed by atoms with Gasteiger partial charge in [-0.1, -0.05) is 36.7 Å².